The fourth-order valence-electron chi connectivity index (χ4n) is 0.785. The predicted octanol–water partition coefficient (Wildman–Crippen LogP) is -2.99. The molecule has 0 bridgehead atoms. The Morgan fingerprint density at radius 1 is 1.19 bits per heavy atom. The highest BCUT2D eigenvalue weighted by Crippen LogP contribution is 1.88. The molecule has 0 spiro atoms. The van der Waals surface area contributed by atoms with Crippen molar-refractivity contribution in [2.24, 2.45) is 5.73 Å². The quantitative estimate of drug-likeness (QED) is 0.317. The van der Waals surface area contributed by atoms with Crippen LogP contribution in [0.2, 0.25) is 0 Å². The fraction of sp³-hybridized carbons (Fsp3) is 0.625. The summed E-state index contributed by atoms with van der Waals surface area (Å²) in [6, 6.07) is 0. The van der Waals surface area contributed by atoms with Crippen LogP contribution in [-0.4, -0.2) is 53.7 Å². The van der Waals surface area contributed by atoms with Gasteiger partial charge in [-0.15, -0.1) is 0 Å². The van der Waals surface area contributed by atoms with Gasteiger partial charge in [0.1, 0.15) is 0 Å². The Balaban J connectivity index is 3.58. The lowest BCUT2D eigenvalue weighted by Gasteiger charge is -2.07. The first kappa shape index (κ1) is 14.3. The van der Waals surface area contributed by atoms with Gasteiger partial charge in [-0.25, -0.2) is 4.79 Å². The summed E-state index contributed by atoms with van der Waals surface area (Å²) in [6.07, 6.45) is -1.59. The molecule has 2 amide bonds. The molecule has 0 aromatic heterocycles. The van der Waals surface area contributed by atoms with Gasteiger partial charge in [0.25, 0.3) is 0 Å². The second-order valence-electron chi connectivity index (χ2n) is 2.97. The lowest BCUT2D eigenvalue weighted by molar-refractivity contribution is -0.147. The molecule has 1 atom stereocenters. The summed E-state index contributed by atoms with van der Waals surface area (Å²) in [5.74, 6) is -2.27. The molecule has 8 nitrogen and oxygen atoms in total. The number of rotatable bonds is 7. The van der Waals surface area contributed by atoms with Gasteiger partial charge in [-0.2, -0.15) is 0 Å². The van der Waals surface area contributed by atoms with E-state index in [1.165, 1.54) is 0 Å². The van der Waals surface area contributed by atoms with Gasteiger partial charge >= 0.3 is 5.97 Å². The highest BCUT2D eigenvalue weighted by molar-refractivity contribution is 5.85. The van der Waals surface area contributed by atoms with Crippen molar-refractivity contribution in [1.29, 1.82) is 0 Å². The van der Waals surface area contributed by atoms with Crippen molar-refractivity contribution in [2.45, 2.75) is 12.5 Å². The molecule has 92 valence electrons. The predicted molar refractivity (Wildman–Crippen MR) is 53.3 cm³/mol. The zero-order valence-corrected chi connectivity index (χ0v) is 8.60. The standard InChI is InChI=1S/C8H15N3O5/c9-3-6(13)11-4-7(14)10-2-1-5(12)8(15)16/h5,12H,1-4,9H2,(H,10,14)(H,11,13)(H,15,16). The third kappa shape index (κ3) is 6.74. The van der Waals surface area contributed by atoms with Crippen LogP contribution in [0.1, 0.15) is 6.42 Å². The lowest BCUT2D eigenvalue weighted by atomic mass is 10.2. The third-order valence-corrected chi connectivity index (χ3v) is 1.66. The average Bonchev–Trinajstić information content (AvgIpc) is 2.25. The van der Waals surface area contributed by atoms with Gasteiger partial charge in [-0.1, -0.05) is 0 Å². The minimum Gasteiger partial charge on any atom is -0.479 e. The molecule has 6 N–H and O–H groups in total. The zero-order valence-electron chi connectivity index (χ0n) is 8.60. The smallest absolute Gasteiger partial charge is 0.332 e. The Labute approximate surface area is 91.8 Å². The van der Waals surface area contributed by atoms with Gasteiger partial charge in [0.05, 0.1) is 13.1 Å². The number of amides is 2. The summed E-state index contributed by atoms with van der Waals surface area (Å²) < 4.78 is 0. The Bertz CT molecular complexity index is 268. The van der Waals surface area contributed by atoms with E-state index in [0.717, 1.165) is 0 Å². The van der Waals surface area contributed by atoms with E-state index >= 15 is 0 Å². The first-order chi connectivity index (χ1) is 7.47. The van der Waals surface area contributed by atoms with Crippen LogP contribution in [0.3, 0.4) is 0 Å². The van der Waals surface area contributed by atoms with E-state index in [2.05, 4.69) is 10.6 Å². The summed E-state index contributed by atoms with van der Waals surface area (Å²) in [6.45, 7) is -0.408. The first-order valence-corrected chi connectivity index (χ1v) is 4.61. The van der Waals surface area contributed by atoms with Gasteiger partial charge in [-0.3, -0.25) is 9.59 Å². The Kier molecular flexibility index (Phi) is 6.81. The summed E-state index contributed by atoms with van der Waals surface area (Å²) in [7, 11) is 0. The minimum atomic E-state index is -1.50. The number of carbonyl (C=O) groups excluding carboxylic acids is 2. The van der Waals surface area contributed by atoms with Crippen molar-refractivity contribution in [1.82, 2.24) is 10.6 Å². The molecule has 8 heteroatoms. The molecule has 0 aromatic carbocycles. The molecule has 16 heavy (non-hydrogen) atoms. The van der Waals surface area contributed by atoms with Crippen LogP contribution in [0.5, 0.6) is 0 Å². The van der Waals surface area contributed by atoms with E-state index in [-0.39, 0.29) is 26.1 Å². The molecule has 0 aliphatic rings. The average molecular weight is 233 g/mol. The fourth-order valence-corrected chi connectivity index (χ4v) is 0.785. The normalized spacial score (nSPS) is 11.6. The Hall–Kier alpha value is -1.67. The maximum atomic E-state index is 11.0. The number of aliphatic hydroxyl groups excluding tert-OH is 1. The number of carboxylic acids is 1. The van der Waals surface area contributed by atoms with Crippen molar-refractivity contribution in [3.8, 4) is 0 Å². The molecular formula is C8H15N3O5. The van der Waals surface area contributed by atoms with E-state index in [9.17, 15) is 14.4 Å². The van der Waals surface area contributed by atoms with Crippen LogP contribution >= 0.6 is 0 Å². The van der Waals surface area contributed by atoms with Gasteiger partial charge in [-0.05, 0) is 0 Å². The molecule has 0 fully saturated rings. The molecule has 0 saturated carbocycles. The molecule has 0 aliphatic heterocycles. The number of carboxylic acid groups (broad SMARTS) is 1. The van der Waals surface area contributed by atoms with Crippen LogP contribution in [-0.2, 0) is 14.4 Å². The van der Waals surface area contributed by atoms with Crippen LogP contribution in [0.25, 0.3) is 0 Å². The van der Waals surface area contributed by atoms with Gasteiger partial charge < -0.3 is 26.6 Å². The molecular weight excluding hydrogens is 218 g/mol. The van der Waals surface area contributed by atoms with Crippen molar-refractivity contribution in [3.63, 3.8) is 0 Å². The van der Waals surface area contributed by atoms with Crippen molar-refractivity contribution >= 4 is 17.8 Å². The summed E-state index contributed by atoms with van der Waals surface area (Å²) in [5.41, 5.74) is 4.99. The molecule has 0 aliphatic carbocycles. The van der Waals surface area contributed by atoms with Crippen LogP contribution in [0.15, 0.2) is 0 Å². The van der Waals surface area contributed by atoms with Crippen molar-refractivity contribution in [2.75, 3.05) is 19.6 Å². The van der Waals surface area contributed by atoms with E-state index in [1.54, 1.807) is 0 Å². The van der Waals surface area contributed by atoms with E-state index in [1.807, 2.05) is 0 Å². The topological polar surface area (TPSA) is 142 Å². The number of nitrogens with two attached hydrogens (primary N) is 1. The first-order valence-electron chi connectivity index (χ1n) is 4.61. The minimum absolute atomic E-state index is 0.0186. The summed E-state index contributed by atoms with van der Waals surface area (Å²) in [4.78, 5) is 31.9. The Morgan fingerprint density at radius 2 is 1.81 bits per heavy atom. The van der Waals surface area contributed by atoms with E-state index in [4.69, 9.17) is 15.9 Å². The summed E-state index contributed by atoms with van der Waals surface area (Å²) in [5, 5.41) is 21.7. The largest absolute Gasteiger partial charge is 0.479 e. The third-order valence-electron chi connectivity index (χ3n) is 1.66. The van der Waals surface area contributed by atoms with Crippen LogP contribution in [0.4, 0.5) is 0 Å². The number of nitrogens with one attached hydrogen (secondary N) is 2. The van der Waals surface area contributed by atoms with Crippen molar-refractivity contribution in [3.05, 3.63) is 0 Å². The summed E-state index contributed by atoms with van der Waals surface area (Å²) >= 11 is 0. The number of aliphatic carboxylic acids is 1. The molecule has 0 saturated heterocycles. The highest BCUT2D eigenvalue weighted by Gasteiger charge is 2.12. The SMILES string of the molecule is NCC(=O)NCC(=O)NCCC(O)C(=O)O. The molecule has 0 aromatic rings. The van der Waals surface area contributed by atoms with Gasteiger partial charge in [0, 0.05) is 13.0 Å². The van der Waals surface area contributed by atoms with E-state index in [0.29, 0.717) is 0 Å². The number of aliphatic hydroxyl groups is 1. The van der Waals surface area contributed by atoms with Crippen LogP contribution in [0, 0.1) is 0 Å². The number of carbonyl (C=O) groups is 3. The van der Waals surface area contributed by atoms with E-state index < -0.39 is 23.9 Å². The molecule has 1 unspecified atom stereocenters. The van der Waals surface area contributed by atoms with Crippen LogP contribution < -0.4 is 16.4 Å². The maximum absolute atomic E-state index is 11.0. The second-order valence-corrected chi connectivity index (χ2v) is 2.97. The van der Waals surface area contributed by atoms with Crippen molar-refractivity contribution < 1.29 is 24.6 Å². The maximum Gasteiger partial charge on any atom is 0.332 e. The zero-order chi connectivity index (χ0) is 12.6. The molecule has 0 rings (SSSR count). The van der Waals surface area contributed by atoms with Gasteiger partial charge in [0.15, 0.2) is 6.10 Å². The monoisotopic (exact) mass is 233 g/mol. The number of hydrogen-bond acceptors (Lipinski definition) is 5. The molecule has 0 radical (unpaired) electrons. The molecule has 0 heterocycles. The second kappa shape index (κ2) is 7.60. The highest BCUT2D eigenvalue weighted by atomic mass is 16.4. The number of hydrogen-bond donors (Lipinski definition) is 5. The van der Waals surface area contributed by atoms with Gasteiger partial charge in [0.2, 0.25) is 11.8 Å². The Morgan fingerprint density at radius 3 is 2.31 bits per heavy atom. The lowest BCUT2D eigenvalue weighted by Crippen LogP contribution is -2.40.